The topological polar surface area (TPSA) is 73.4 Å². The van der Waals surface area contributed by atoms with E-state index in [0.29, 0.717) is 43.3 Å². The van der Waals surface area contributed by atoms with Gasteiger partial charge >= 0.3 is 5.97 Å². The molecule has 196 valence electrons. The summed E-state index contributed by atoms with van der Waals surface area (Å²) in [5.41, 5.74) is 1.63. The maximum atomic E-state index is 13.8. The maximum Gasteiger partial charge on any atom is 0.345 e. The minimum atomic E-state index is -0.531. The van der Waals surface area contributed by atoms with E-state index in [4.69, 9.17) is 16.3 Å². The lowest BCUT2D eigenvalue weighted by Crippen LogP contribution is -2.58. The SMILES string of the molecule is CCOC(=O)C1=C(N2CCN(C(=O)c3ccc(Cl)cc3)CC2)C2CCCCC2N(CCN(C)C)C1=O. The van der Waals surface area contributed by atoms with Crippen molar-refractivity contribution < 1.29 is 19.1 Å². The van der Waals surface area contributed by atoms with E-state index >= 15 is 0 Å². The van der Waals surface area contributed by atoms with Crippen LogP contribution in [0.4, 0.5) is 0 Å². The molecule has 2 amide bonds. The van der Waals surface area contributed by atoms with Crippen LogP contribution in [-0.2, 0) is 14.3 Å². The molecule has 1 aliphatic carbocycles. The number of fused-ring (bicyclic) bond motifs is 1. The normalized spacial score (nSPS) is 22.7. The van der Waals surface area contributed by atoms with E-state index in [1.54, 1.807) is 31.2 Å². The first-order valence-electron chi connectivity index (χ1n) is 13.0. The van der Waals surface area contributed by atoms with Crippen LogP contribution >= 0.6 is 11.6 Å². The molecule has 36 heavy (non-hydrogen) atoms. The Kier molecular flexibility index (Phi) is 8.57. The van der Waals surface area contributed by atoms with E-state index in [1.165, 1.54) is 0 Å². The number of amides is 2. The molecule has 3 aliphatic rings. The molecule has 0 aromatic heterocycles. The van der Waals surface area contributed by atoms with Gasteiger partial charge < -0.3 is 24.3 Å². The van der Waals surface area contributed by atoms with Crippen molar-refractivity contribution in [3.05, 3.63) is 46.1 Å². The van der Waals surface area contributed by atoms with Gasteiger partial charge in [0.05, 0.1) is 6.61 Å². The molecule has 1 saturated heterocycles. The predicted molar refractivity (Wildman–Crippen MR) is 139 cm³/mol. The Hall–Kier alpha value is -2.58. The molecule has 2 fully saturated rings. The first kappa shape index (κ1) is 26.5. The summed E-state index contributed by atoms with van der Waals surface area (Å²) in [6.45, 7) is 5.52. The molecular formula is C27H37ClN4O4. The third-order valence-corrected chi connectivity index (χ3v) is 7.73. The van der Waals surface area contributed by atoms with Crippen molar-refractivity contribution in [1.29, 1.82) is 0 Å². The zero-order valence-corrected chi connectivity index (χ0v) is 22.3. The second kappa shape index (κ2) is 11.6. The van der Waals surface area contributed by atoms with Crippen LogP contribution in [0, 0.1) is 5.92 Å². The Morgan fingerprint density at radius 2 is 1.72 bits per heavy atom. The summed E-state index contributed by atoms with van der Waals surface area (Å²) in [6, 6.07) is 7.02. The van der Waals surface area contributed by atoms with Crippen LogP contribution in [0.25, 0.3) is 0 Å². The predicted octanol–water partition coefficient (Wildman–Crippen LogP) is 2.88. The minimum Gasteiger partial charge on any atom is -0.462 e. The van der Waals surface area contributed by atoms with Crippen LogP contribution in [0.15, 0.2) is 35.5 Å². The number of hydrogen-bond acceptors (Lipinski definition) is 6. The van der Waals surface area contributed by atoms with E-state index in [2.05, 4.69) is 9.80 Å². The summed E-state index contributed by atoms with van der Waals surface area (Å²) in [5.74, 6) is -0.670. The van der Waals surface area contributed by atoms with Gasteiger partial charge in [0.25, 0.3) is 11.8 Å². The van der Waals surface area contributed by atoms with Gasteiger partial charge in [0, 0.05) is 67.5 Å². The number of benzene rings is 1. The molecule has 0 N–H and O–H groups in total. The molecule has 2 aliphatic heterocycles. The number of halogens is 1. The lowest BCUT2D eigenvalue weighted by atomic mass is 9.76. The van der Waals surface area contributed by atoms with Gasteiger partial charge in [-0.2, -0.15) is 0 Å². The summed E-state index contributed by atoms with van der Waals surface area (Å²) < 4.78 is 5.40. The van der Waals surface area contributed by atoms with Crippen molar-refractivity contribution in [1.82, 2.24) is 19.6 Å². The molecule has 2 heterocycles. The standard InChI is InChI=1S/C27H37ClN4O4/c1-4-36-27(35)23-24(21-7-5-6-8-22(21)32(26(23)34)18-13-29(2)3)30-14-16-31(17-15-30)25(33)19-9-11-20(28)12-10-19/h9-12,21-22H,4-8,13-18H2,1-3H3. The number of rotatable bonds is 7. The number of esters is 1. The summed E-state index contributed by atoms with van der Waals surface area (Å²) in [7, 11) is 3.98. The number of ether oxygens (including phenoxy) is 1. The third kappa shape index (κ3) is 5.54. The van der Waals surface area contributed by atoms with Crippen molar-refractivity contribution in [2.45, 2.75) is 38.6 Å². The van der Waals surface area contributed by atoms with Crippen molar-refractivity contribution in [2.75, 3.05) is 60.0 Å². The van der Waals surface area contributed by atoms with Gasteiger partial charge in [-0.25, -0.2) is 4.79 Å². The first-order chi connectivity index (χ1) is 17.3. The molecule has 1 saturated carbocycles. The second-order valence-electron chi connectivity index (χ2n) is 10.0. The first-order valence-corrected chi connectivity index (χ1v) is 13.4. The van der Waals surface area contributed by atoms with Gasteiger partial charge in [0.15, 0.2) is 0 Å². The number of hydrogen-bond donors (Lipinski definition) is 0. The Balaban J connectivity index is 1.60. The highest BCUT2D eigenvalue weighted by Crippen LogP contribution is 2.41. The number of piperazine rings is 1. The Bertz CT molecular complexity index is 1000. The lowest BCUT2D eigenvalue weighted by molar-refractivity contribution is -0.145. The average Bonchev–Trinajstić information content (AvgIpc) is 2.87. The van der Waals surface area contributed by atoms with Crippen molar-refractivity contribution in [3.8, 4) is 0 Å². The summed E-state index contributed by atoms with van der Waals surface area (Å²) >= 11 is 5.97. The highest BCUT2D eigenvalue weighted by Gasteiger charge is 2.47. The van der Waals surface area contributed by atoms with Gasteiger partial charge in [-0.05, 0) is 58.1 Å². The Labute approximate surface area is 218 Å². The Morgan fingerprint density at radius 3 is 2.36 bits per heavy atom. The highest BCUT2D eigenvalue weighted by molar-refractivity contribution is 6.30. The molecule has 4 rings (SSSR count). The van der Waals surface area contributed by atoms with E-state index < -0.39 is 5.97 Å². The van der Waals surface area contributed by atoms with E-state index in [0.717, 1.165) is 37.9 Å². The fourth-order valence-electron chi connectivity index (χ4n) is 5.68. The summed E-state index contributed by atoms with van der Waals surface area (Å²) in [4.78, 5) is 48.0. The van der Waals surface area contributed by atoms with E-state index in [1.807, 2.05) is 23.9 Å². The molecule has 0 radical (unpaired) electrons. The fourth-order valence-corrected chi connectivity index (χ4v) is 5.81. The van der Waals surface area contributed by atoms with Gasteiger partial charge in [0.1, 0.15) is 5.57 Å². The average molecular weight is 517 g/mol. The molecule has 8 nitrogen and oxygen atoms in total. The van der Waals surface area contributed by atoms with Crippen LogP contribution in [0.1, 0.15) is 43.0 Å². The second-order valence-corrected chi connectivity index (χ2v) is 10.5. The van der Waals surface area contributed by atoms with Crippen LogP contribution in [0.2, 0.25) is 5.02 Å². The van der Waals surface area contributed by atoms with Crippen molar-refractivity contribution >= 4 is 29.4 Å². The number of carbonyl (C=O) groups is 3. The summed E-state index contributed by atoms with van der Waals surface area (Å²) in [5, 5.41) is 0.596. The van der Waals surface area contributed by atoms with Crippen molar-refractivity contribution in [2.24, 2.45) is 5.92 Å². The van der Waals surface area contributed by atoms with Gasteiger partial charge in [0.2, 0.25) is 0 Å². The molecule has 0 bridgehead atoms. The van der Waals surface area contributed by atoms with Crippen LogP contribution < -0.4 is 0 Å². The minimum absolute atomic E-state index is 0.0314. The molecule has 1 aromatic carbocycles. The number of likely N-dealkylation sites (N-methyl/N-ethyl adjacent to an activating group) is 1. The fraction of sp³-hybridized carbons (Fsp3) is 0.593. The molecule has 2 atom stereocenters. The lowest BCUT2D eigenvalue weighted by Gasteiger charge is -2.49. The zero-order chi connectivity index (χ0) is 25.8. The molecule has 1 aromatic rings. The number of nitrogens with zero attached hydrogens (tertiary/aromatic N) is 4. The third-order valence-electron chi connectivity index (χ3n) is 7.48. The molecular weight excluding hydrogens is 480 g/mol. The van der Waals surface area contributed by atoms with Gasteiger partial charge in [-0.15, -0.1) is 0 Å². The Morgan fingerprint density at radius 1 is 1.06 bits per heavy atom. The summed E-state index contributed by atoms with van der Waals surface area (Å²) in [6.07, 6.45) is 4.04. The van der Waals surface area contributed by atoms with Crippen LogP contribution in [-0.4, -0.2) is 103 Å². The monoisotopic (exact) mass is 516 g/mol. The molecule has 0 spiro atoms. The van der Waals surface area contributed by atoms with E-state index in [9.17, 15) is 14.4 Å². The quantitative estimate of drug-likeness (QED) is 0.410. The largest absolute Gasteiger partial charge is 0.462 e. The van der Waals surface area contributed by atoms with Crippen LogP contribution in [0.3, 0.4) is 0 Å². The molecule has 2 unspecified atom stereocenters. The van der Waals surface area contributed by atoms with Gasteiger partial charge in [-0.1, -0.05) is 24.4 Å². The van der Waals surface area contributed by atoms with E-state index in [-0.39, 0.29) is 36.0 Å². The smallest absolute Gasteiger partial charge is 0.345 e. The highest BCUT2D eigenvalue weighted by atomic mass is 35.5. The van der Waals surface area contributed by atoms with Crippen molar-refractivity contribution in [3.63, 3.8) is 0 Å². The zero-order valence-electron chi connectivity index (χ0n) is 21.5. The number of carbonyl (C=O) groups excluding carboxylic acids is 3. The maximum absolute atomic E-state index is 13.8. The molecule has 9 heteroatoms. The van der Waals surface area contributed by atoms with Crippen LogP contribution in [0.5, 0.6) is 0 Å². The van der Waals surface area contributed by atoms with Gasteiger partial charge in [-0.3, -0.25) is 9.59 Å².